The molecule has 0 aliphatic carbocycles. The first-order valence-corrected chi connectivity index (χ1v) is 8.49. The van der Waals surface area contributed by atoms with Crippen molar-refractivity contribution in [1.29, 1.82) is 0 Å². The lowest BCUT2D eigenvalue weighted by Crippen LogP contribution is -1.94. The molecule has 2 aromatic heterocycles. The lowest BCUT2D eigenvalue weighted by molar-refractivity contribution is 0.404. The normalized spacial score (nSPS) is 10.6. The molecule has 0 aliphatic heterocycles. The third-order valence-electron chi connectivity index (χ3n) is 4.13. The monoisotopic (exact) mass is 334 g/mol. The summed E-state index contributed by atoms with van der Waals surface area (Å²) in [7, 11) is 0. The topological polar surface area (TPSA) is 58.3 Å². The van der Waals surface area contributed by atoms with Crippen molar-refractivity contribution in [1.82, 2.24) is 9.55 Å². The summed E-state index contributed by atoms with van der Waals surface area (Å²) in [6, 6.07) is 17.2. The van der Waals surface area contributed by atoms with Crippen LogP contribution in [0.1, 0.15) is 19.8 Å². The van der Waals surface area contributed by atoms with Crippen molar-refractivity contribution in [2.75, 3.05) is 0 Å². The van der Waals surface area contributed by atoms with E-state index in [1.165, 1.54) is 5.39 Å². The van der Waals surface area contributed by atoms with E-state index < -0.39 is 0 Å². The Labute approximate surface area is 147 Å². The second kappa shape index (κ2) is 7.71. The van der Waals surface area contributed by atoms with Gasteiger partial charge in [0, 0.05) is 35.8 Å². The summed E-state index contributed by atoms with van der Waals surface area (Å²) in [5.74, 6) is -0.116. The van der Waals surface area contributed by atoms with Crippen LogP contribution >= 0.6 is 0 Å². The number of hydrogen-bond donors (Lipinski definition) is 2. The van der Waals surface area contributed by atoms with Crippen LogP contribution in [0.2, 0.25) is 0 Å². The fourth-order valence-corrected chi connectivity index (χ4v) is 2.75. The number of phenolic OH excluding ortho intramolecular Hbond substituents is 2. The van der Waals surface area contributed by atoms with E-state index in [0.717, 1.165) is 35.8 Å². The highest BCUT2D eigenvalue weighted by atomic mass is 16.3. The summed E-state index contributed by atoms with van der Waals surface area (Å²) in [5.41, 5.74) is 2.03. The van der Waals surface area contributed by atoms with Crippen LogP contribution in [0.4, 0.5) is 0 Å². The fourth-order valence-electron chi connectivity index (χ4n) is 2.75. The molecule has 25 heavy (non-hydrogen) atoms. The van der Waals surface area contributed by atoms with Crippen molar-refractivity contribution in [3.8, 4) is 11.5 Å². The van der Waals surface area contributed by atoms with Crippen molar-refractivity contribution in [3.63, 3.8) is 0 Å². The summed E-state index contributed by atoms with van der Waals surface area (Å²) in [5, 5.41) is 20.9. The summed E-state index contributed by atoms with van der Waals surface area (Å²) < 4.78 is 2.10. The molecule has 2 aromatic carbocycles. The summed E-state index contributed by atoms with van der Waals surface area (Å²) in [6.07, 6.45) is 6.05. The number of phenols is 2. The Hall–Kier alpha value is -3.01. The number of fused-ring (bicyclic) bond motifs is 2. The molecule has 0 fully saturated rings. The summed E-state index contributed by atoms with van der Waals surface area (Å²) in [4.78, 5) is 4.18. The summed E-state index contributed by atoms with van der Waals surface area (Å²) in [6.45, 7) is 3.10. The molecule has 0 unspecified atom stereocenters. The molecular weight excluding hydrogens is 312 g/mol. The van der Waals surface area contributed by atoms with E-state index in [-0.39, 0.29) is 11.5 Å². The molecule has 2 heterocycles. The first-order valence-electron chi connectivity index (χ1n) is 8.49. The maximum absolute atomic E-state index is 9.42. The Bertz CT molecular complexity index is 911. The highest BCUT2D eigenvalue weighted by molar-refractivity contribution is 5.83. The molecule has 0 saturated carbocycles. The quantitative estimate of drug-likeness (QED) is 0.513. The minimum atomic E-state index is -0.0595. The van der Waals surface area contributed by atoms with E-state index >= 15 is 0 Å². The van der Waals surface area contributed by atoms with Gasteiger partial charge in [0.25, 0.3) is 0 Å². The number of hydrogen-bond acceptors (Lipinski definition) is 3. The Morgan fingerprint density at radius 1 is 0.920 bits per heavy atom. The van der Waals surface area contributed by atoms with Gasteiger partial charge in [0.15, 0.2) is 11.5 Å². The second-order valence-electron chi connectivity index (χ2n) is 5.96. The van der Waals surface area contributed by atoms with Crippen LogP contribution in [0.3, 0.4) is 0 Å². The van der Waals surface area contributed by atoms with Gasteiger partial charge in [-0.3, -0.25) is 4.98 Å². The number of para-hydroxylation sites is 1. The van der Waals surface area contributed by atoms with E-state index in [1.54, 1.807) is 12.1 Å². The average molecular weight is 334 g/mol. The minimum absolute atomic E-state index is 0.0565. The smallest absolute Gasteiger partial charge is 0.159 e. The van der Waals surface area contributed by atoms with Gasteiger partial charge in [0.1, 0.15) is 0 Å². The average Bonchev–Trinajstić information content (AvgIpc) is 3.03. The second-order valence-corrected chi connectivity index (χ2v) is 5.96. The fraction of sp³-hybridized carbons (Fsp3) is 0.190. The van der Waals surface area contributed by atoms with E-state index in [0.29, 0.717) is 0 Å². The first kappa shape index (κ1) is 16.8. The van der Waals surface area contributed by atoms with Crippen LogP contribution in [-0.4, -0.2) is 19.8 Å². The standard InChI is InChI=1S/C12H15NO2.C9H7N/c1-2-3-5-13-6-4-9-7-11(14)12(15)8-10(9)13;1-2-6-9-8(4-1)5-3-7-10-9/h4,6-8,14-15H,2-3,5H2,1H3;1-7H. The molecule has 128 valence electrons. The van der Waals surface area contributed by atoms with Gasteiger partial charge < -0.3 is 14.8 Å². The number of nitrogens with zero attached hydrogens (tertiary/aromatic N) is 2. The molecule has 4 nitrogen and oxygen atoms in total. The van der Waals surface area contributed by atoms with Gasteiger partial charge in [-0.15, -0.1) is 0 Å². The highest BCUT2D eigenvalue weighted by Gasteiger charge is 2.05. The zero-order valence-corrected chi connectivity index (χ0v) is 14.3. The SMILES string of the molecule is CCCCn1ccc2cc(O)c(O)cc21.c1ccc2ncccc2c1. The lowest BCUT2D eigenvalue weighted by atomic mass is 10.2. The van der Waals surface area contributed by atoms with Crippen LogP contribution in [0.5, 0.6) is 11.5 Å². The third-order valence-corrected chi connectivity index (χ3v) is 4.13. The number of unbranched alkanes of at least 4 members (excludes halogenated alkanes) is 1. The largest absolute Gasteiger partial charge is 0.504 e. The van der Waals surface area contributed by atoms with Crippen LogP contribution in [-0.2, 0) is 6.54 Å². The van der Waals surface area contributed by atoms with Crippen LogP contribution in [0.25, 0.3) is 21.8 Å². The number of aryl methyl sites for hydroxylation is 1. The van der Waals surface area contributed by atoms with Crippen LogP contribution < -0.4 is 0 Å². The van der Waals surface area contributed by atoms with Crippen LogP contribution in [0.15, 0.2) is 67.0 Å². The van der Waals surface area contributed by atoms with Crippen molar-refractivity contribution in [2.24, 2.45) is 0 Å². The van der Waals surface area contributed by atoms with Crippen molar-refractivity contribution >= 4 is 21.8 Å². The predicted molar refractivity (Wildman–Crippen MR) is 102 cm³/mol. The molecule has 0 bridgehead atoms. The summed E-state index contributed by atoms with van der Waals surface area (Å²) >= 11 is 0. The predicted octanol–water partition coefficient (Wildman–Crippen LogP) is 5.09. The van der Waals surface area contributed by atoms with Gasteiger partial charge in [-0.05, 0) is 30.7 Å². The molecular formula is C21H22N2O2. The van der Waals surface area contributed by atoms with Gasteiger partial charge in [-0.25, -0.2) is 0 Å². The first-order chi connectivity index (χ1) is 12.2. The Morgan fingerprint density at radius 3 is 2.48 bits per heavy atom. The molecule has 0 amide bonds. The Balaban J connectivity index is 0.000000157. The van der Waals surface area contributed by atoms with Crippen molar-refractivity contribution in [3.05, 3.63) is 67.0 Å². The molecule has 0 spiro atoms. The molecule has 0 atom stereocenters. The molecule has 0 radical (unpaired) electrons. The molecule has 4 heteroatoms. The molecule has 4 rings (SSSR count). The number of aromatic hydroxyl groups is 2. The van der Waals surface area contributed by atoms with E-state index in [1.807, 2.05) is 42.7 Å². The van der Waals surface area contributed by atoms with Crippen LogP contribution in [0, 0.1) is 0 Å². The highest BCUT2D eigenvalue weighted by Crippen LogP contribution is 2.30. The van der Waals surface area contributed by atoms with Crippen molar-refractivity contribution < 1.29 is 10.2 Å². The number of aromatic nitrogens is 2. The zero-order chi connectivity index (χ0) is 17.6. The zero-order valence-electron chi connectivity index (χ0n) is 14.3. The van der Waals surface area contributed by atoms with Gasteiger partial charge in [0.2, 0.25) is 0 Å². The van der Waals surface area contributed by atoms with Gasteiger partial charge in [0.05, 0.1) is 11.0 Å². The maximum atomic E-state index is 9.42. The number of rotatable bonds is 3. The third kappa shape index (κ3) is 3.91. The van der Waals surface area contributed by atoms with E-state index in [4.69, 9.17) is 0 Å². The molecule has 2 N–H and O–H groups in total. The van der Waals surface area contributed by atoms with Gasteiger partial charge >= 0.3 is 0 Å². The molecule has 4 aromatic rings. The van der Waals surface area contributed by atoms with E-state index in [9.17, 15) is 10.2 Å². The number of benzene rings is 2. The minimum Gasteiger partial charge on any atom is -0.504 e. The Kier molecular flexibility index (Phi) is 5.19. The number of pyridine rings is 1. The van der Waals surface area contributed by atoms with E-state index in [2.05, 4.69) is 28.6 Å². The Morgan fingerprint density at radius 2 is 1.68 bits per heavy atom. The van der Waals surface area contributed by atoms with Gasteiger partial charge in [-0.1, -0.05) is 37.6 Å². The molecule has 0 aliphatic rings. The maximum Gasteiger partial charge on any atom is 0.159 e. The van der Waals surface area contributed by atoms with Gasteiger partial charge in [-0.2, -0.15) is 0 Å². The molecule has 0 saturated heterocycles. The van der Waals surface area contributed by atoms with Crippen molar-refractivity contribution in [2.45, 2.75) is 26.3 Å². The lowest BCUT2D eigenvalue weighted by Gasteiger charge is -2.05.